The lowest BCUT2D eigenvalue weighted by Crippen LogP contribution is -2.41. The summed E-state index contributed by atoms with van der Waals surface area (Å²) in [5.41, 5.74) is 3.27. The van der Waals surface area contributed by atoms with Crippen LogP contribution >= 0.6 is 30.5 Å². The van der Waals surface area contributed by atoms with E-state index in [2.05, 4.69) is 45.2 Å². The highest BCUT2D eigenvalue weighted by atomic mass is 35.5. The molecule has 4 rings (SSSR count). The lowest BCUT2D eigenvalue weighted by atomic mass is 10.1. The minimum absolute atomic E-state index is 0.119. The number of halogens is 1. The predicted molar refractivity (Wildman–Crippen MR) is 263 cm³/mol. The number of nitrogens with zero attached hydrogens (tertiary/aromatic N) is 5. The highest BCUT2D eigenvalue weighted by Crippen LogP contribution is 2.40. The summed E-state index contributed by atoms with van der Waals surface area (Å²) in [5, 5.41) is 35.5. The normalized spacial score (nSPS) is 12.1. The predicted octanol–water partition coefficient (Wildman–Crippen LogP) is 9.30. The van der Waals surface area contributed by atoms with Crippen molar-refractivity contribution in [3.63, 3.8) is 0 Å². The van der Waals surface area contributed by atoms with Crippen LogP contribution in [0.3, 0.4) is 0 Å². The molecule has 2 heterocycles. The van der Waals surface area contributed by atoms with Gasteiger partial charge in [0.2, 0.25) is 11.0 Å². The van der Waals surface area contributed by atoms with Crippen LogP contribution in [0.25, 0.3) is 0 Å². The van der Waals surface area contributed by atoms with Gasteiger partial charge < -0.3 is 44.7 Å². The Morgan fingerprint density at radius 2 is 1.06 bits per heavy atom. The smallest absolute Gasteiger partial charge is 0.407 e. The summed E-state index contributed by atoms with van der Waals surface area (Å²) >= 11 is 5.94. The van der Waals surface area contributed by atoms with Crippen molar-refractivity contribution in [2.45, 2.75) is 106 Å². The molecule has 0 radical (unpaired) electrons. The Hall–Kier alpha value is -5.45. The first-order valence-corrected chi connectivity index (χ1v) is 22.2. The second-order valence-corrected chi connectivity index (χ2v) is 18.2. The maximum atomic E-state index is 12.7. The summed E-state index contributed by atoms with van der Waals surface area (Å²) < 4.78 is 20.8. The van der Waals surface area contributed by atoms with Gasteiger partial charge in [-0.1, -0.05) is 72.3 Å². The van der Waals surface area contributed by atoms with Crippen molar-refractivity contribution < 1.29 is 38.0 Å². The van der Waals surface area contributed by atoms with Crippen LogP contribution in [0, 0.1) is 47.9 Å². The molecule has 0 fully saturated rings. The fraction of sp³-hybridized carbons (Fsp3) is 0.455. The van der Waals surface area contributed by atoms with Gasteiger partial charge in [-0.2, -0.15) is 0 Å². The number of pyridine rings is 2. The Kier molecular flexibility index (Phi) is 21.2. The molecule has 66 heavy (non-hydrogen) atoms. The van der Waals surface area contributed by atoms with Gasteiger partial charge in [0.05, 0.1) is 35.1 Å². The Morgan fingerprint density at radius 1 is 0.682 bits per heavy atom. The number of benzene rings is 2. The van der Waals surface area contributed by atoms with Crippen molar-refractivity contribution in [3.05, 3.63) is 120 Å². The molecule has 3 unspecified atom stereocenters. The molecule has 4 N–H and O–H groups in total. The van der Waals surface area contributed by atoms with Gasteiger partial charge in [-0.3, -0.25) is 20.2 Å². The van der Waals surface area contributed by atoms with Crippen molar-refractivity contribution in [2.24, 2.45) is 0 Å². The Balaban J connectivity index is 0.000000385. The van der Waals surface area contributed by atoms with E-state index in [1.807, 2.05) is 72.5 Å². The molecule has 2 amide bonds. The van der Waals surface area contributed by atoms with Gasteiger partial charge in [0.15, 0.2) is 0 Å². The van der Waals surface area contributed by atoms with Gasteiger partial charge in [-0.05, 0) is 80.4 Å². The maximum Gasteiger partial charge on any atom is 0.407 e. The number of alkyl carbamates (subject to hydrolysis) is 2. The number of rotatable bonds is 19. The Morgan fingerprint density at radius 3 is 1.42 bits per heavy atom. The molecule has 0 aliphatic rings. The molecule has 4 atom stereocenters. The first-order valence-electron chi connectivity index (χ1n) is 20.8. The van der Waals surface area contributed by atoms with Crippen LogP contribution < -0.4 is 26.2 Å². The van der Waals surface area contributed by atoms with Crippen LogP contribution in [0.5, 0.6) is 0 Å². The monoisotopic (exact) mass is 973 g/mol. The third kappa shape index (κ3) is 17.7. The number of nitro groups is 2. The van der Waals surface area contributed by atoms with E-state index in [1.54, 1.807) is 62.3 Å². The molecule has 2 aromatic carbocycles. The minimum atomic E-state index is -0.655. The zero-order valence-electron chi connectivity index (χ0n) is 39.0. The van der Waals surface area contributed by atoms with Crippen LogP contribution in [0.2, 0.25) is 5.15 Å². The lowest BCUT2D eigenvalue weighted by molar-refractivity contribution is -0.384. The van der Waals surface area contributed by atoms with E-state index in [1.165, 1.54) is 0 Å². The molecular weight excluding hydrogens is 912 g/mol. The summed E-state index contributed by atoms with van der Waals surface area (Å²) in [5.74, 6) is 0.258. The summed E-state index contributed by atoms with van der Waals surface area (Å²) in [6.45, 7) is 19.0. The lowest BCUT2D eigenvalue weighted by Gasteiger charge is -2.27. The van der Waals surface area contributed by atoms with Crippen molar-refractivity contribution in [3.8, 4) is 0 Å². The molecule has 0 bridgehead atoms. The molecule has 22 heteroatoms. The second kappa shape index (κ2) is 25.5. The Labute approximate surface area is 395 Å². The van der Waals surface area contributed by atoms with E-state index in [0.29, 0.717) is 41.3 Å². The number of carbonyl (C=O) groups is 2. The molecule has 360 valence electrons. The average molecular weight is 974 g/mol. The molecule has 4 aromatic rings. The third-order valence-electron chi connectivity index (χ3n) is 9.43. The van der Waals surface area contributed by atoms with Gasteiger partial charge in [-0.15, -0.1) is 0 Å². The van der Waals surface area contributed by atoms with Crippen LogP contribution in [0.1, 0.15) is 75.2 Å². The van der Waals surface area contributed by atoms with Gasteiger partial charge in [0.25, 0.3) is 0 Å². The van der Waals surface area contributed by atoms with Crippen molar-refractivity contribution >= 4 is 71.3 Å². The number of carbonyl (C=O) groups excluding carboxylic acids is 2. The number of anilines is 3. The number of aryl methyl sites for hydroxylation is 2. The number of nitrogens with one attached hydrogen (secondary N) is 4. The van der Waals surface area contributed by atoms with E-state index in [9.17, 15) is 29.8 Å². The van der Waals surface area contributed by atoms with Crippen LogP contribution in [-0.4, -0.2) is 81.6 Å². The number of ether oxygens (including phenoxy) is 2. The minimum Gasteiger partial charge on any atom is -0.444 e. The van der Waals surface area contributed by atoms with Crippen molar-refractivity contribution in [2.75, 3.05) is 41.8 Å². The molecule has 0 aliphatic carbocycles. The number of hydrogen-bond donors (Lipinski definition) is 4. The standard InChI is InChI=1S/C29H38N5O5P.C15H24ClN4O5P/c1-20-21(2)31-27(33(17-22-12-8-6-9-13-22)18-23-14-10-7-11-15-23)26(34(36)37)25(20)32-24(19-38-40)16-30-28(35)39-29(3,4)5;1-8-9(2)18-13(16)12(20(22)23)11(8)19-10(7-24-26)6-17-14(21)25-15(3,4)5/h6-15,24H,16-19,40H2,1-5H3,(H,30,35)(H,31,32);10H,6-7,26H2,1-5H3,(H,17,21)(H,18,19)/t24-;/m0./s1. The molecule has 19 nitrogen and oxygen atoms in total. The molecule has 0 saturated carbocycles. The summed E-state index contributed by atoms with van der Waals surface area (Å²) in [6.07, 6.45) is -1.18. The fourth-order valence-electron chi connectivity index (χ4n) is 6.22. The summed E-state index contributed by atoms with van der Waals surface area (Å²) in [6, 6.07) is 18.6. The average Bonchev–Trinajstić information content (AvgIpc) is 3.21. The van der Waals surface area contributed by atoms with E-state index >= 15 is 0 Å². The number of aromatic nitrogens is 2. The van der Waals surface area contributed by atoms with Crippen LogP contribution in [0.4, 0.5) is 38.2 Å². The first-order chi connectivity index (χ1) is 30.9. The fourth-order valence-corrected chi connectivity index (χ4v) is 6.98. The van der Waals surface area contributed by atoms with Gasteiger partial charge >= 0.3 is 23.6 Å². The third-order valence-corrected chi connectivity index (χ3v) is 10.1. The topological polar surface area (TPSA) is 234 Å². The highest BCUT2D eigenvalue weighted by Gasteiger charge is 2.31. The van der Waals surface area contributed by atoms with E-state index in [-0.39, 0.29) is 54.3 Å². The number of hydrogen-bond acceptors (Lipinski definition) is 15. The quantitative estimate of drug-likeness (QED) is 0.0297. The molecule has 0 saturated heterocycles. The SMILES string of the molecule is Cc1nc(Cl)c([N+](=O)[O-])c(NC(CNC(=O)OC(C)(C)C)COP)c1C.Cc1nc(N(Cc2ccccc2)Cc2ccccc2)c([N+](=O)[O-])c(N[C@@H](CNC(=O)OC(C)(C)C)COP)c1C. The first kappa shape index (κ1) is 54.9. The zero-order chi connectivity index (χ0) is 49.4. The van der Waals surface area contributed by atoms with Crippen LogP contribution in [-0.2, 0) is 31.6 Å². The largest absolute Gasteiger partial charge is 0.444 e. The molecule has 0 aliphatic heterocycles. The molecule has 0 spiro atoms. The second-order valence-electron chi connectivity index (χ2n) is 17.2. The summed E-state index contributed by atoms with van der Waals surface area (Å²) in [7, 11) is 4.27. The van der Waals surface area contributed by atoms with Crippen molar-refractivity contribution in [1.29, 1.82) is 0 Å². The highest BCUT2D eigenvalue weighted by molar-refractivity contribution is 7.10. The van der Waals surface area contributed by atoms with Gasteiger partial charge in [-0.25, -0.2) is 19.6 Å². The maximum absolute atomic E-state index is 12.7. The number of amides is 2. The zero-order valence-corrected chi connectivity index (χ0v) is 42.1. The van der Waals surface area contributed by atoms with Gasteiger partial charge in [0, 0.05) is 67.6 Å². The van der Waals surface area contributed by atoms with E-state index < -0.39 is 45.3 Å². The van der Waals surface area contributed by atoms with Crippen molar-refractivity contribution in [1.82, 2.24) is 20.6 Å². The van der Waals surface area contributed by atoms with Crippen LogP contribution in [0.15, 0.2) is 60.7 Å². The molecule has 2 aromatic heterocycles. The van der Waals surface area contributed by atoms with E-state index in [0.717, 1.165) is 11.1 Å². The molecular formula is C44H62ClN9O10P2. The van der Waals surface area contributed by atoms with Gasteiger partial charge in [0.1, 0.15) is 22.6 Å². The summed E-state index contributed by atoms with van der Waals surface area (Å²) in [4.78, 5) is 57.8. The van der Waals surface area contributed by atoms with E-state index in [4.69, 9.17) is 35.1 Å². The Bertz CT molecular complexity index is 2230.